The van der Waals surface area contributed by atoms with Crippen LogP contribution in [-0.4, -0.2) is 16.1 Å². The number of pyridine rings is 1. The van der Waals surface area contributed by atoms with Gasteiger partial charge in [0.05, 0.1) is 12.1 Å². The summed E-state index contributed by atoms with van der Waals surface area (Å²) < 4.78 is 6.84. The molecule has 0 atom stereocenters. The van der Waals surface area contributed by atoms with Crippen molar-refractivity contribution in [3.05, 3.63) is 58.7 Å². The van der Waals surface area contributed by atoms with Crippen molar-refractivity contribution in [1.29, 1.82) is 0 Å². The van der Waals surface area contributed by atoms with Crippen molar-refractivity contribution in [2.24, 2.45) is 0 Å². The van der Waals surface area contributed by atoms with Crippen molar-refractivity contribution < 1.29 is 4.42 Å². The Morgan fingerprint density at radius 2 is 2.10 bits per heavy atom. The summed E-state index contributed by atoms with van der Waals surface area (Å²) in [5.41, 5.74) is 2.37. The molecule has 2 heterocycles. The molecule has 0 unspecified atom stereocenters. The number of nitrogens with zero attached hydrogens (tertiary/aromatic N) is 2. The summed E-state index contributed by atoms with van der Waals surface area (Å²) in [6.45, 7) is 3.47. The number of aromatic nitrogens is 2. The summed E-state index contributed by atoms with van der Waals surface area (Å²) in [5.74, 6) is 0.509. The highest BCUT2D eigenvalue weighted by Gasteiger charge is 2.08. The predicted octanol–water partition coefficient (Wildman–Crippen LogP) is 2.86. The zero-order valence-corrected chi connectivity index (χ0v) is 11.9. The fourth-order valence-electron chi connectivity index (χ4n) is 2.22. The highest BCUT2D eigenvalue weighted by atomic mass is 16.4. The second-order valence-corrected chi connectivity index (χ2v) is 4.90. The molecule has 0 aliphatic carbocycles. The van der Waals surface area contributed by atoms with Crippen LogP contribution in [0.1, 0.15) is 18.9 Å². The quantitative estimate of drug-likeness (QED) is 0.782. The first-order valence-electron chi connectivity index (χ1n) is 7.05. The van der Waals surface area contributed by atoms with E-state index in [4.69, 9.17) is 4.42 Å². The van der Waals surface area contributed by atoms with Crippen LogP contribution in [-0.2, 0) is 6.54 Å². The Bertz CT molecular complexity index is 787. The second kappa shape index (κ2) is 5.83. The normalized spacial score (nSPS) is 10.9. The molecular weight excluding hydrogens is 266 g/mol. The van der Waals surface area contributed by atoms with E-state index in [1.165, 1.54) is 0 Å². The van der Waals surface area contributed by atoms with Crippen LogP contribution in [0.5, 0.6) is 0 Å². The highest BCUT2D eigenvalue weighted by molar-refractivity contribution is 5.72. The minimum Gasteiger partial charge on any atom is -0.408 e. The third-order valence-corrected chi connectivity index (χ3v) is 3.30. The van der Waals surface area contributed by atoms with Crippen molar-refractivity contribution in [3.8, 4) is 0 Å². The van der Waals surface area contributed by atoms with Crippen LogP contribution in [0.4, 0.5) is 5.82 Å². The van der Waals surface area contributed by atoms with E-state index >= 15 is 0 Å². The van der Waals surface area contributed by atoms with Gasteiger partial charge in [0.15, 0.2) is 5.58 Å². The third kappa shape index (κ3) is 2.81. The number of benzene rings is 1. The minimum absolute atomic E-state index is 0.343. The number of hydrogen-bond acceptors (Lipinski definition) is 4. The number of nitrogens with one attached hydrogen (secondary N) is 1. The molecule has 108 valence electrons. The Hall–Kier alpha value is -2.56. The molecule has 1 aromatic carbocycles. The molecule has 5 nitrogen and oxygen atoms in total. The monoisotopic (exact) mass is 283 g/mol. The number of hydrogen-bond donors (Lipinski definition) is 1. The van der Waals surface area contributed by atoms with E-state index in [2.05, 4.69) is 17.2 Å². The van der Waals surface area contributed by atoms with Crippen molar-refractivity contribution >= 4 is 16.9 Å². The first-order chi connectivity index (χ1) is 10.3. The first kappa shape index (κ1) is 13.4. The van der Waals surface area contributed by atoms with Gasteiger partial charge in [-0.15, -0.1) is 0 Å². The summed E-state index contributed by atoms with van der Waals surface area (Å²) in [6, 6.07) is 11.3. The Morgan fingerprint density at radius 3 is 2.86 bits per heavy atom. The van der Waals surface area contributed by atoms with E-state index in [-0.39, 0.29) is 5.76 Å². The van der Waals surface area contributed by atoms with E-state index < -0.39 is 0 Å². The zero-order chi connectivity index (χ0) is 14.7. The smallest absolute Gasteiger partial charge is 0.408 e. The van der Waals surface area contributed by atoms with Crippen LogP contribution in [0, 0.1) is 0 Å². The number of rotatable bonds is 5. The molecule has 0 radical (unpaired) electrons. The fourth-order valence-corrected chi connectivity index (χ4v) is 2.22. The van der Waals surface area contributed by atoms with Crippen LogP contribution >= 0.6 is 0 Å². The molecule has 0 spiro atoms. The van der Waals surface area contributed by atoms with Gasteiger partial charge in [0.1, 0.15) is 5.82 Å². The maximum absolute atomic E-state index is 11.9. The molecule has 0 aliphatic rings. The van der Waals surface area contributed by atoms with Crippen molar-refractivity contribution in [2.45, 2.75) is 19.9 Å². The van der Waals surface area contributed by atoms with Crippen LogP contribution in [0.3, 0.4) is 0 Å². The summed E-state index contributed by atoms with van der Waals surface area (Å²) in [4.78, 5) is 16.3. The van der Waals surface area contributed by atoms with Gasteiger partial charge >= 0.3 is 5.76 Å². The van der Waals surface area contributed by atoms with Gasteiger partial charge in [0, 0.05) is 12.7 Å². The lowest BCUT2D eigenvalue weighted by Gasteiger charge is -2.06. The summed E-state index contributed by atoms with van der Waals surface area (Å²) >= 11 is 0. The number of anilines is 1. The average molecular weight is 283 g/mol. The van der Waals surface area contributed by atoms with E-state index in [1.807, 2.05) is 30.3 Å². The molecule has 0 fully saturated rings. The third-order valence-electron chi connectivity index (χ3n) is 3.30. The van der Waals surface area contributed by atoms with E-state index in [1.54, 1.807) is 16.8 Å². The summed E-state index contributed by atoms with van der Waals surface area (Å²) in [7, 11) is 0. The SMILES string of the molecule is CCCNc1ccc(Cn2c(=O)oc3ccccc32)cn1. The van der Waals surface area contributed by atoms with Crippen LogP contribution < -0.4 is 11.1 Å². The van der Waals surface area contributed by atoms with Crippen LogP contribution in [0.25, 0.3) is 11.1 Å². The largest absolute Gasteiger partial charge is 0.420 e. The number of oxazole rings is 1. The fraction of sp³-hybridized carbons (Fsp3) is 0.250. The predicted molar refractivity (Wildman–Crippen MR) is 82.6 cm³/mol. The van der Waals surface area contributed by atoms with Gasteiger partial charge in [0.2, 0.25) is 0 Å². The van der Waals surface area contributed by atoms with Gasteiger partial charge in [-0.2, -0.15) is 0 Å². The van der Waals surface area contributed by atoms with Gasteiger partial charge in [-0.1, -0.05) is 25.1 Å². The maximum Gasteiger partial charge on any atom is 0.420 e. The molecule has 0 bridgehead atoms. The van der Waals surface area contributed by atoms with E-state index in [0.717, 1.165) is 29.9 Å². The zero-order valence-electron chi connectivity index (χ0n) is 11.9. The molecule has 3 rings (SSSR count). The molecule has 3 aromatic rings. The van der Waals surface area contributed by atoms with E-state index in [9.17, 15) is 4.79 Å². The maximum atomic E-state index is 11.9. The lowest BCUT2D eigenvalue weighted by Crippen LogP contribution is -2.15. The van der Waals surface area contributed by atoms with Gasteiger partial charge < -0.3 is 9.73 Å². The molecule has 0 amide bonds. The number of para-hydroxylation sites is 2. The summed E-state index contributed by atoms with van der Waals surface area (Å²) in [6.07, 6.45) is 2.84. The second-order valence-electron chi connectivity index (χ2n) is 4.90. The van der Waals surface area contributed by atoms with Crippen LogP contribution in [0.2, 0.25) is 0 Å². The van der Waals surface area contributed by atoms with E-state index in [0.29, 0.717) is 12.1 Å². The topological polar surface area (TPSA) is 60.1 Å². The Morgan fingerprint density at radius 1 is 1.24 bits per heavy atom. The van der Waals surface area contributed by atoms with Gasteiger partial charge in [0.25, 0.3) is 0 Å². The highest BCUT2D eigenvalue weighted by Crippen LogP contribution is 2.14. The van der Waals surface area contributed by atoms with Gasteiger partial charge in [-0.3, -0.25) is 4.57 Å². The molecule has 5 heteroatoms. The summed E-state index contributed by atoms with van der Waals surface area (Å²) in [5, 5.41) is 3.22. The molecule has 1 N–H and O–H groups in total. The van der Waals surface area contributed by atoms with Crippen molar-refractivity contribution in [3.63, 3.8) is 0 Å². The number of fused-ring (bicyclic) bond motifs is 1. The molecule has 0 aliphatic heterocycles. The molecular formula is C16H17N3O2. The van der Waals surface area contributed by atoms with Crippen molar-refractivity contribution in [2.75, 3.05) is 11.9 Å². The Balaban J connectivity index is 1.85. The Kier molecular flexibility index (Phi) is 3.73. The molecule has 0 saturated heterocycles. The lowest BCUT2D eigenvalue weighted by molar-refractivity contribution is 0.517. The minimum atomic E-state index is -0.343. The lowest BCUT2D eigenvalue weighted by atomic mass is 10.2. The van der Waals surface area contributed by atoms with Gasteiger partial charge in [-0.05, 0) is 30.2 Å². The average Bonchev–Trinajstić information content (AvgIpc) is 2.83. The molecule has 0 saturated carbocycles. The van der Waals surface area contributed by atoms with Crippen LogP contribution in [0.15, 0.2) is 51.8 Å². The Labute approximate surface area is 122 Å². The van der Waals surface area contributed by atoms with Gasteiger partial charge in [-0.25, -0.2) is 9.78 Å². The standard InChI is InChI=1S/C16H17N3O2/c1-2-9-17-15-8-7-12(10-18-15)11-19-13-5-3-4-6-14(13)21-16(19)20/h3-8,10H,2,9,11H2,1H3,(H,17,18). The van der Waals surface area contributed by atoms with Crippen molar-refractivity contribution in [1.82, 2.24) is 9.55 Å². The molecule has 2 aromatic heterocycles. The molecule has 21 heavy (non-hydrogen) atoms. The first-order valence-corrected chi connectivity index (χ1v) is 7.05.